The van der Waals surface area contributed by atoms with Gasteiger partial charge in [0.2, 0.25) is 5.71 Å². The normalized spacial score (nSPS) is 22.7. The first-order chi connectivity index (χ1) is 9.97. The molecule has 0 spiro atoms. The summed E-state index contributed by atoms with van der Waals surface area (Å²) in [6.45, 7) is 7.42. The highest BCUT2D eigenvalue weighted by molar-refractivity contribution is 6.06. The second-order valence-electron chi connectivity index (χ2n) is 6.10. The number of furan rings is 1. The predicted octanol–water partition coefficient (Wildman–Crippen LogP) is 1.94. The number of rotatable bonds is 1. The summed E-state index contributed by atoms with van der Waals surface area (Å²) in [4.78, 5) is 33.1. The molecular weight excluding hydrogens is 270 g/mol. The van der Waals surface area contributed by atoms with Gasteiger partial charge in [-0.15, -0.1) is 0 Å². The van der Waals surface area contributed by atoms with Crippen LogP contribution in [0.3, 0.4) is 0 Å². The van der Waals surface area contributed by atoms with E-state index in [0.717, 1.165) is 6.42 Å². The topological polar surface area (TPSA) is 79.2 Å². The van der Waals surface area contributed by atoms with E-state index < -0.39 is 0 Å². The molecule has 2 atom stereocenters. The van der Waals surface area contributed by atoms with Crippen molar-refractivity contribution in [3.63, 3.8) is 0 Å². The molecule has 6 nitrogen and oxygen atoms in total. The number of nitrogens with zero attached hydrogens (tertiary/aromatic N) is 2. The number of likely N-dealkylation sites (tertiary alicyclic amines) is 1. The van der Waals surface area contributed by atoms with Gasteiger partial charge in [-0.2, -0.15) is 0 Å². The van der Waals surface area contributed by atoms with Gasteiger partial charge < -0.3 is 14.3 Å². The number of nitrogens with one attached hydrogen (secondary N) is 1. The van der Waals surface area contributed by atoms with E-state index in [0.29, 0.717) is 36.2 Å². The highest BCUT2D eigenvalue weighted by Crippen LogP contribution is 2.26. The molecule has 3 rings (SSSR count). The quantitative estimate of drug-likeness (QED) is 0.870. The molecule has 0 aromatic carbocycles. The number of aromatic amines is 1. The number of aryl methyl sites for hydroxylation is 1. The van der Waals surface area contributed by atoms with Gasteiger partial charge in [-0.25, -0.2) is 4.98 Å². The van der Waals surface area contributed by atoms with Crippen LogP contribution in [0.1, 0.15) is 36.4 Å². The molecule has 1 aliphatic heterocycles. The fourth-order valence-electron chi connectivity index (χ4n) is 3.30. The van der Waals surface area contributed by atoms with Crippen LogP contribution >= 0.6 is 0 Å². The van der Waals surface area contributed by atoms with E-state index in [9.17, 15) is 9.59 Å². The molecular formula is C15H19N3O3. The van der Waals surface area contributed by atoms with E-state index in [4.69, 9.17) is 4.42 Å². The zero-order valence-corrected chi connectivity index (χ0v) is 12.5. The molecule has 1 amide bonds. The molecule has 112 valence electrons. The standard InChI is InChI=1S/C15H19N3O3/c1-8-4-9(2)6-18(5-8)15(20)11-10(3)21-14-12(11)13(19)16-7-17-14/h7-9H,4-6H2,1-3H3,(H,16,17,19)/t8-,9+. The highest BCUT2D eigenvalue weighted by atomic mass is 16.3. The SMILES string of the molecule is Cc1oc2nc[nH]c(=O)c2c1C(=O)N1C[C@H](C)C[C@H](C)C1. The van der Waals surface area contributed by atoms with E-state index in [-0.39, 0.29) is 22.6 Å². The fraction of sp³-hybridized carbons (Fsp3) is 0.533. The average Bonchev–Trinajstić information content (AvgIpc) is 2.74. The van der Waals surface area contributed by atoms with E-state index in [1.165, 1.54) is 6.33 Å². The van der Waals surface area contributed by atoms with E-state index >= 15 is 0 Å². The van der Waals surface area contributed by atoms with Crippen LogP contribution in [0.5, 0.6) is 0 Å². The lowest BCUT2D eigenvalue weighted by atomic mass is 9.91. The van der Waals surface area contributed by atoms with Crippen LogP contribution in [-0.2, 0) is 0 Å². The third kappa shape index (κ3) is 2.34. The van der Waals surface area contributed by atoms with Gasteiger partial charge in [0.25, 0.3) is 11.5 Å². The minimum Gasteiger partial charge on any atom is -0.442 e. The maximum absolute atomic E-state index is 12.8. The van der Waals surface area contributed by atoms with Crippen molar-refractivity contribution < 1.29 is 9.21 Å². The zero-order valence-electron chi connectivity index (χ0n) is 12.5. The lowest BCUT2D eigenvalue weighted by Crippen LogP contribution is -2.42. The number of hydrogen-bond acceptors (Lipinski definition) is 4. The summed E-state index contributed by atoms with van der Waals surface area (Å²) in [5.74, 6) is 1.24. The Labute approximate surface area is 122 Å². The summed E-state index contributed by atoms with van der Waals surface area (Å²) in [6, 6.07) is 0. The molecule has 0 aliphatic carbocycles. The first-order valence-electron chi connectivity index (χ1n) is 7.23. The van der Waals surface area contributed by atoms with Crippen LogP contribution in [-0.4, -0.2) is 33.9 Å². The van der Waals surface area contributed by atoms with Crippen molar-refractivity contribution >= 4 is 17.0 Å². The number of carbonyl (C=O) groups excluding carboxylic acids is 1. The van der Waals surface area contributed by atoms with Crippen LogP contribution in [0.15, 0.2) is 15.5 Å². The Morgan fingerprint density at radius 1 is 1.38 bits per heavy atom. The molecule has 3 heterocycles. The molecule has 2 aromatic heterocycles. The molecule has 0 saturated carbocycles. The number of amides is 1. The minimum absolute atomic E-state index is 0.136. The molecule has 21 heavy (non-hydrogen) atoms. The van der Waals surface area contributed by atoms with Gasteiger partial charge in [0, 0.05) is 13.1 Å². The molecule has 2 aromatic rings. The summed E-state index contributed by atoms with van der Waals surface area (Å²) in [6.07, 6.45) is 2.41. The Morgan fingerprint density at radius 2 is 2.05 bits per heavy atom. The third-order valence-corrected chi connectivity index (χ3v) is 4.04. The number of aromatic nitrogens is 2. The van der Waals surface area contributed by atoms with Crippen molar-refractivity contribution in [1.29, 1.82) is 0 Å². The van der Waals surface area contributed by atoms with Crippen molar-refractivity contribution in [2.75, 3.05) is 13.1 Å². The van der Waals surface area contributed by atoms with Gasteiger partial charge in [-0.05, 0) is 25.2 Å². The molecule has 0 bridgehead atoms. The summed E-state index contributed by atoms with van der Waals surface area (Å²) in [5.41, 5.74) is 0.233. The third-order valence-electron chi connectivity index (χ3n) is 4.04. The largest absolute Gasteiger partial charge is 0.442 e. The number of H-pyrrole nitrogens is 1. The fourth-order valence-corrected chi connectivity index (χ4v) is 3.30. The van der Waals surface area contributed by atoms with Gasteiger partial charge in [0.15, 0.2) is 0 Å². The van der Waals surface area contributed by atoms with E-state index in [1.54, 1.807) is 6.92 Å². The van der Waals surface area contributed by atoms with Crippen LogP contribution in [0, 0.1) is 18.8 Å². The average molecular weight is 289 g/mol. The number of carbonyl (C=O) groups is 1. The van der Waals surface area contributed by atoms with Gasteiger partial charge in [-0.1, -0.05) is 13.8 Å². The Morgan fingerprint density at radius 3 is 2.71 bits per heavy atom. The number of fused-ring (bicyclic) bond motifs is 1. The van der Waals surface area contributed by atoms with E-state index in [1.807, 2.05) is 4.90 Å². The monoisotopic (exact) mass is 289 g/mol. The van der Waals surface area contributed by atoms with Gasteiger partial charge in [0.05, 0.1) is 11.9 Å². The Bertz CT molecular complexity index is 736. The summed E-state index contributed by atoms with van der Waals surface area (Å²) in [5, 5.41) is 0.255. The molecule has 6 heteroatoms. The van der Waals surface area contributed by atoms with Crippen molar-refractivity contribution in [3.05, 3.63) is 28.0 Å². The highest BCUT2D eigenvalue weighted by Gasteiger charge is 2.30. The van der Waals surface area contributed by atoms with Crippen LogP contribution < -0.4 is 5.56 Å². The van der Waals surface area contributed by atoms with Gasteiger partial charge in [0.1, 0.15) is 11.1 Å². The molecule has 1 N–H and O–H groups in total. The Kier molecular flexibility index (Phi) is 3.31. The maximum Gasteiger partial charge on any atom is 0.262 e. The van der Waals surface area contributed by atoms with E-state index in [2.05, 4.69) is 23.8 Å². The van der Waals surface area contributed by atoms with Crippen molar-refractivity contribution in [2.45, 2.75) is 27.2 Å². The van der Waals surface area contributed by atoms with Gasteiger partial charge in [-0.3, -0.25) is 9.59 Å². The van der Waals surface area contributed by atoms with Crippen molar-refractivity contribution in [2.24, 2.45) is 11.8 Å². The minimum atomic E-state index is -0.335. The molecule has 0 unspecified atom stereocenters. The first-order valence-corrected chi connectivity index (χ1v) is 7.23. The number of hydrogen-bond donors (Lipinski definition) is 1. The van der Waals surface area contributed by atoms with Crippen LogP contribution in [0.25, 0.3) is 11.1 Å². The van der Waals surface area contributed by atoms with Crippen molar-refractivity contribution in [1.82, 2.24) is 14.9 Å². The van der Waals surface area contributed by atoms with Crippen molar-refractivity contribution in [3.8, 4) is 0 Å². The maximum atomic E-state index is 12.8. The van der Waals surface area contributed by atoms with Crippen LogP contribution in [0.4, 0.5) is 0 Å². The zero-order chi connectivity index (χ0) is 15.1. The van der Waals surface area contributed by atoms with Gasteiger partial charge >= 0.3 is 0 Å². The molecule has 1 saturated heterocycles. The Hall–Kier alpha value is -2.11. The lowest BCUT2D eigenvalue weighted by Gasteiger charge is -2.34. The molecule has 1 aliphatic rings. The summed E-state index contributed by atoms with van der Waals surface area (Å²) >= 11 is 0. The smallest absolute Gasteiger partial charge is 0.262 e. The van der Waals surface area contributed by atoms with Crippen LogP contribution in [0.2, 0.25) is 0 Å². The summed E-state index contributed by atoms with van der Waals surface area (Å²) < 4.78 is 5.47. The predicted molar refractivity (Wildman–Crippen MR) is 78.2 cm³/mol. The number of piperidine rings is 1. The molecule has 1 fully saturated rings. The lowest BCUT2D eigenvalue weighted by molar-refractivity contribution is 0.0623. The second-order valence-corrected chi connectivity index (χ2v) is 6.10. The molecule has 0 radical (unpaired) electrons. The first kappa shape index (κ1) is 13.9. The Balaban J connectivity index is 2.06. The second kappa shape index (κ2) is 5.02. The summed E-state index contributed by atoms with van der Waals surface area (Å²) in [7, 11) is 0.